The Morgan fingerprint density at radius 3 is 1.36 bits per heavy atom. The minimum Gasteiger partial charge on any atom is -0.457 e. The zero-order valence-electron chi connectivity index (χ0n) is 32.2. The second-order valence-electron chi connectivity index (χ2n) is 14.0. The minimum atomic E-state index is 0.714. The lowest BCUT2D eigenvalue weighted by Gasteiger charge is -2.32. The van der Waals surface area contributed by atoms with E-state index in [1.54, 1.807) is 0 Å². The van der Waals surface area contributed by atoms with Gasteiger partial charge in [-0.2, -0.15) is 0 Å². The van der Waals surface area contributed by atoms with Gasteiger partial charge in [0, 0.05) is 66.2 Å². The third-order valence-electron chi connectivity index (χ3n) is 9.94. The zero-order valence-corrected chi connectivity index (χ0v) is 32.2. The molecule has 0 N–H and O–H groups in total. The molecule has 0 atom stereocenters. The average molecular weight is 755 g/mol. The van der Waals surface area contributed by atoms with Gasteiger partial charge in [-0.1, -0.05) is 91.0 Å². The Hall–Kier alpha value is -7.77. The van der Waals surface area contributed by atoms with E-state index >= 15 is 0 Å². The van der Waals surface area contributed by atoms with Crippen LogP contribution in [0.25, 0.3) is 0 Å². The van der Waals surface area contributed by atoms with E-state index in [9.17, 15) is 0 Å². The molecule has 0 spiro atoms. The van der Waals surface area contributed by atoms with Gasteiger partial charge in [0.2, 0.25) is 0 Å². The van der Waals surface area contributed by atoms with Gasteiger partial charge in [0.15, 0.2) is 0 Å². The number of hydrogen-bond acceptors (Lipinski definition) is 7. The van der Waals surface area contributed by atoms with Gasteiger partial charge in [-0.25, -0.2) is 4.98 Å². The maximum Gasteiger partial charge on any atom is 0.137 e. The highest BCUT2D eigenvalue weighted by Gasteiger charge is 2.23. The Labute approximate surface area is 340 Å². The van der Waals surface area contributed by atoms with Crippen molar-refractivity contribution < 1.29 is 4.74 Å². The molecule has 0 radical (unpaired) electrons. The lowest BCUT2D eigenvalue weighted by molar-refractivity contribution is 0.481. The van der Waals surface area contributed by atoms with E-state index in [0.717, 1.165) is 69.4 Å². The van der Waals surface area contributed by atoms with Crippen molar-refractivity contribution in [3.63, 3.8) is 0 Å². The summed E-state index contributed by atoms with van der Waals surface area (Å²) in [6, 6.07) is 71.2. The highest BCUT2D eigenvalue weighted by Crippen LogP contribution is 2.46. The van der Waals surface area contributed by atoms with Crippen LogP contribution in [0.1, 0.15) is 0 Å². The van der Waals surface area contributed by atoms with E-state index < -0.39 is 0 Å². The van der Waals surface area contributed by atoms with Crippen molar-refractivity contribution in [3.05, 3.63) is 225 Å². The lowest BCUT2D eigenvalue weighted by atomic mass is 10.1. The molecular weight excluding hydrogens is 713 g/mol. The van der Waals surface area contributed by atoms with E-state index in [-0.39, 0.29) is 0 Å². The predicted molar refractivity (Wildman–Crippen MR) is 239 cm³/mol. The van der Waals surface area contributed by atoms with Gasteiger partial charge in [0.1, 0.15) is 17.3 Å². The fraction of sp³-hybridized carbons (Fsp3) is 0.0392. The summed E-state index contributed by atoms with van der Waals surface area (Å²) >= 11 is 0. The van der Waals surface area contributed by atoms with Gasteiger partial charge >= 0.3 is 0 Å². The van der Waals surface area contributed by atoms with Crippen molar-refractivity contribution in [2.45, 2.75) is 0 Å². The van der Waals surface area contributed by atoms with Gasteiger partial charge in [-0.05, 0) is 103 Å². The third kappa shape index (κ3) is 7.83. The van der Waals surface area contributed by atoms with Gasteiger partial charge in [0.25, 0.3) is 0 Å². The van der Waals surface area contributed by atoms with E-state index in [0.29, 0.717) is 5.75 Å². The van der Waals surface area contributed by atoms with Crippen LogP contribution in [0.2, 0.25) is 0 Å². The SMILES string of the molecule is CN1C=CN(c2cccc(Oc3cccc(N(c4cc(N(c5ccccc5)c5ccccc5)cc(N(c5ccccc5)c5ccccc5)c4)c4ccccn4)c3)c2)C1. The monoisotopic (exact) mass is 754 g/mol. The normalized spacial score (nSPS) is 12.0. The average Bonchev–Trinajstić information content (AvgIpc) is 3.72. The van der Waals surface area contributed by atoms with Crippen molar-refractivity contribution in [2.24, 2.45) is 0 Å². The summed E-state index contributed by atoms with van der Waals surface area (Å²) in [5.41, 5.74) is 9.02. The topological polar surface area (TPSA) is 38.3 Å². The number of aromatic nitrogens is 1. The molecule has 8 aromatic rings. The standard InChI is InChI=1S/C51H42N6O/c1-53-32-33-54(39-53)44-26-16-28-49(37-44)58-50-29-17-27-45(38-50)57(51-30-14-15-31-52-51)48-35-46(55(40-18-6-2-7-19-40)41-20-8-3-9-21-41)34-47(36-48)56(42-22-10-4-11-23-42)43-24-12-5-13-25-43/h2-38H,39H2,1H3. The molecule has 0 unspecified atom stereocenters. The van der Waals surface area contributed by atoms with E-state index in [2.05, 4.69) is 208 Å². The summed E-state index contributed by atoms with van der Waals surface area (Å²) < 4.78 is 6.60. The molecule has 2 heterocycles. The Morgan fingerprint density at radius 1 is 0.414 bits per heavy atom. The highest BCUT2D eigenvalue weighted by atomic mass is 16.5. The Morgan fingerprint density at radius 2 is 0.879 bits per heavy atom. The predicted octanol–water partition coefficient (Wildman–Crippen LogP) is 13.5. The van der Waals surface area contributed by atoms with Crippen molar-refractivity contribution in [3.8, 4) is 11.5 Å². The zero-order chi connectivity index (χ0) is 39.1. The van der Waals surface area contributed by atoms with Crippen LogP contribution in [0.3, 0.4) is 0 Å². The Kier molecular flexibility index (Phi) is 10.2. The number of benzene rings is 7. The number of nitrogens with zero attached hydrogens (tertiary/aromatic N) is 6. The molecule has 1 aliphatic heterocycles. The summed E-state index contributed by atoms with van der Waals surface area (Å²) in [7, 11) is 2.07. The summed E-state index contributed by atoms with van der Waals surface area (Å²) in [6.07, 6.45) is 5.99. The molecule has 7 heteroatoms. The molecule has 0 saturated heterocycles. The first kappa shape index (κ1) is 35.9. The summed E-state index contributed by atoms with van der Waals surface area (Å²) in [4.78, 5) is 16.1. The van der Waals surface area contributed by atoms with Crippen LogP contribution in [0.15, 0.2) is 225 Å². The molecule has 7 aromatic carbocycles. The first-order valence-corrected chi connectivity index (χ1v) is 19.4. The molecule has 1 aromatic heterocycles. The van der Waals surface area contributed by atoms with Crippen LogP contribution in [0.4, 0.5) is 57.0 Å². The van der Waals surface area contributed by atoms with Crippen LogP contribution < -0.4 is 24.3 Å². The first-order valence-electron chi connectivity index (χ1n) is 19.4. The van der Waals surface area contributed by atoms with Gasteiger partial charge in [-0.3, -0.25) is 4.90 Å². The van der Waals surface area contributed by atoms with Crippen molar-refractivity contribution >= 4 is 57.0 Å². The molecule has 0 bridgehead atoms. The molecule has 0 saturated carbocycles. The smallest absolute Gasteiger partial charge is 0.137 e. The van der Waals surface area contributed by atoms with E-state index in [1.165, 1.54) is 0 Å². The number of hydrogen-bond donors (Lipinski definition) is 0. The number of rotatable bonds is 12. The first-order chi connectivity index (χ1) is 28.7. The summed E-state index contributed by atoms with van der Waals surface area (Å²) in [5, 5.41) is 0. The van der Waals surface area contributed by atoms with E-state index in [4.69, 9.17) is 9.72 Å². The number of anilines is 10. The molecule has 9 rings (SSSR count). The van der Waals surface area contributed by atoms with Gasteiger partial charge in [-0.15, -0.1) is 0 Å². The van der Waals surface area contributed by atoms with Crippen molar-refractivity contribution in [1.82, 2.24) is 9.88 Å². The second kappa shape index (κ2) is 16.5. The third-order valence-corrected chi connectivity index (χ3v) is 9.94. The second-order valence-corrected chi connectivity index (χ2v) is 14.0. The Bertz CT molecular complexity index is 2430. The maximum atomic E-state index is 6.60. The largest absolute Gasteiger partial charge is 0.457 e. The molecule has 0 aliphatic carbocycles. The van der Waals surface area contributed by atoms with Crippen LogP contribution in [0.5, 0.6) is 11.5 Å². The maximum absolute atomic E-state index is 6.60. The fourth-order valence-electron chi connectivity index (χ4n) is 7.31. The molecule has 1 aliphatic rings. The molecular formula is C51H42N6O. The van der Waals surface area contributed by atoms with Crippen LogP contribution in [-0.4, -0.2) is 23.6 Å². The number of ether oxygens (including phenoxy) is 1. The van der Waals surface area contributed by atoms with Crippen LogP contribution >= 0.6 is 0 Å². The van der Waals surface area contributed by atoms with Crippen LogP contribution in [-0.2, 0) is 0 Å². The summed E-state index contributed by atoms with van der Waals surface area (Å²) in [6.45, 7) is 0.789. The highest BCUT2D eigenvalue weighted by molar-refractivity contribution is 5.89. The van der Waals surface area contributed by atoms with Crippen LogP contribution in [0, 0.1) is 0 Å². The Balaban J connectivity index is 1.22. The quantitative estimate of drug-likeness (QED) is 0.123. The number of pyridine rings is 1. The van der Waals surface area contributed by atoms with Gasteiger partial charge < -0.3 is 24.3 Å². The summed E-state index contributed by atoms with van der Waals surface area (Å²) in [5.74, 6) is 2.24. The molecule has 0 amide bonds. The fourth-order valence-corrected chi connectivity index (χ4v) is 7.31. The van der Waals surface area contributed by atoms with Crippen molar-refractivity contribution in [2.75, 3.05) is 33.3 Å². The van der Waals surface area contributed by atoms with Crippen molar-refractivity contribution in [1.29, 1.82) is 0 Å². The molecule has 282 valence electrons. The van der Waals surface area contributed by atoms with E-state index in [1.807, 2.05) is 48.7 Å². The van der Waals surface area contributed by atoms with Gasteiger partial charge in [0.05, 0.1) is 29.4 Å². The minimum absolute atomic E-state index is 0.714. The molecule has 0 fully saturated rings. The molecule has 58 heavy (non-hydrogen) atoms. The lowest BCUT2D eigenvalue weighted by Crippen LogP contribution is -2.21. The number of para-hydroxylation sites is 4. The molecule has 7 nitrogen and oxygen atoms in total.